The topological polar surface area (TPSA) is 84.1 Å². The Morgan fingerprint density at radius 2 is 2.21 bits per heavy atom. The van der Waals surface area contributed by atoms with Crippen molar-refractivity contribution in [1.29, 1.82) is 0 Å². The number of aryl methyl sites for hydroxylation is 1. The summed E-state index contributed by atoms with van der Waals surface area (Å²) >= 11 is 2.98. The number of nitrogens with zero attached hydrogens (tertiary/aromatic N) is 2. The third-order valence-electron chi connectivity index (χ3n) is 2.71. The Morgan fingerprint density at radius 3 is 2.89 bits per heavy atom. The summed E-state index contributed by atoms with van der Waals surface area (Å²) in [7, 11) is 0. The van der Waals surface area contributed by atoms with Crippen LogP contribution < -0.4 is 11.1 Å². The van der Waals surface area contributed by atoms with Crippen molar-refractivity contribution >= 4 is 33.7 Å². The summed E-state index contributed by atoms with van der Waals surface area (Å²) < 4.78 is 4.20. The van der Waals surface area contributed by atoms with Gasteiger partial charge in [0, 0.05) is 18.5 Å². The Kier molecular flexibility index (Phi) is 5.12. The predicted octanol–water partition coefficient (Wildman–Crippen LogP) is 2.73. The zero-order valence-electron chi connectivity index (χ0n) is 10.8. The standard InChI is InChI=1S/C12H18N4OS2/c1-8-15-9(7-18-8)10-11(13)16-19-12(10)14-5-3-2-4-6-17/h7,14,17H,2-6H2,1H3,(H2,13,16). The summed E-state index contributed by atoms with van der Waals surface area (Å²) in [4.78, 5) is 4.46. The highest BCUT2D eigenvalue weighted by Crippen LogP contribution is 2.36. The van der Waals surface area contributed by atoms with Gasteiger partial charge in [-0.3, -0.25) is 0 Å². The van der Waals surface area contributed by atoms with Crippen LogP contribution in [0.3, 0.4) is 0 Å². The molecule has 4 N–H and O–H groups in total. The second-order valence-corrected chi connectivity index (χ2v) is 6.07. The van der Waals surface area contributed by atoms with Gasteiger partial charge in [0.25, 0.3) is 0 Å². The van der Waals surface area contributed by atoms with E-state index >= 15 is 0 Å². The Bertz CT molecular complexity index is 524. The Hall–Kier alpha value is -1.18. The SMILES string of the molecule is Cc1nc(-c2c(N)nsc2NCCCCCO)cs1. The van der Waals surface area contributed by atoms with Crippen molar-refractivity contribution in [3.05, 3.63) is 10.4 Å². The van der Waals surface area contributed by atoms with Crippen LogP contribution in [0.2, 0.25) is 0 Å². The molecule has 104 valence electrons. The van der Waals surface area contributed by atoms with Gasteiger partial charge in [0.1, 0.15) is 10.8 Å². The minimum atomic E-state index is 0.261. The van der Waals surface area contributed by atoms with Crippen molar-refractivity contribution in [1.82, 2.24) is 9.36 Å². The van der Waals surface area contributed by atoms with Gasteiger partial charge in [-0.05, 0) is 37.7 Å². The van der Waals surface area contributed by atoms with Gasteiger partial charge < -0.3 is 16.2 Å². The van der Waals surface area contributed by atoms with Crippen molar-refractivity contribution < 1.29 is 5.11 Å². The molecule has 7 heteroatoms. The van der Waals surface area contributed by atoms with Gasteiger partial charge in [0.05, 0.1) is 16.3 Å². The van der Waals surface area contributed by atoms with E-state index in [0.29, 0.717) is 5.82 Å². The van der Waals surface area contributed by atoms with Crippen molar-refractivity contribution in [2.75, 3.05) is 24.2 Å². The van der Waals surface area contributed by atoms with E-state index < -0.39 is 0 Å². The number of hydrogen-bond donors (Lipinski definition) is 3. The van der Waals surface area contributed by atoms with E-state index in [2.05, 4.69) is 14.7 Å². The van der Waals surface area contributed by atoms with E-state index in [1.54, 1.807) is 11.3 Å². The number of aromatic nitrogens is 2. The first kappa shape index (κ1) is 14.2. The number of nitrogen functional groups attached to an aromatic ring is 1. The molecule has 19 heavy (non-hydrogen) atoms. The molecule has 0 atom stereocenters. The summed E-state index contributed by atoms with van der Waals surface area (Å²) in [6.45, 7) is 3.10. The average Bonchev–Trinajstić information content (AvgIpc) is 2.95. The molecule has 2 aromatic heterocycles. The number of thiazole rings is 1. The van der Waals surface area contributed by atoms with Crippen molar-refractivity contribution in [3.63, 3.8) is 0 Å². The van der Waals surface area contributed by atoms with Crippen LogP contribution in [0.15, 0.2) is 5.38 Å². The molecule has 0 saturated carbocycles. The third-order valence-corrected chi connectivity index (χ3v) is 4.31. The Balaban J connectivity index is 2.02. The van der Waals surface area contributed by atoms with Gasteiger partial charge in [-0.15, -0.1) is 11.3 Å². The van der Waals surface area contributed by atoms with Crippen LogP contribution in [0, 0.1) is 6.92 Å². The zero-order valence-corrected chi connectivity index (χ0v) is 12.5. The van der Waals surface area contributed by atoms with E-state index in [1.807, 2.05) is 12.3 Å². The lowest BCUT2D eigenvalue weighted by Gasteiger charge is -2.05. The minimum absolute atomic E-state index is 0.261. The monoisotopic (exact) mass is 298 g/mol. The van der Waals surface area contributed by atoms with Crippen molar-refractivity contribution in [3.8, 4) is 11.3 Å². The molecule has 0 fully saturated rings. The van der Waals surface area contributed by atoms with E-state index in [-0.39, 0.29) is 6.61 Å². The summed E-state index contributed by atoms with van der Waals surface area (Å²) in [5, 5.41) is 16.1. The maximum atomic E-state index is 8.73. The van der Waals surface area contributed by atoms with Crippen molar-refractivity contribution in [2.45, 2.75) is 26.2 Å². The molecular weight excluding hydrogens is 280 g/mol. The lowest BCUT2D eigenvalue weighted by Crippen LogP contribution is -2.02. The number of aliphatic hydroxyl groups is 1. The molecule has 0 radical (unpaired) electrons. The number of hydrogen-bond acceptors (Lipinski definition) is 7. The maximum Gasteiger partial charge on any atom is 0.148 e. The van der Waals surface area contributed by atoms with E-state index in [0.717, 1.165) is 47.1 Å². The Labute approximate surface area is 120 Å². The largest absolute Gasteiger partial charge is 0.396 e. The maximum absolute atomic E-state index is 8.73. The number of rotatable bonds is 7. The second-order valence-electron chi connectivity index (χ2n) is 4.23. The highest BCUT2D eigenvalue weighted by atomic mass is 32.1. The molecule has 2 aromatic rings. The highest BCUT2D eigenvalue weighted by Gasteiger charge is 2.15. The predicted molar refractivity (Wildman–Crippen MR) is 81.8 cm³/mol. The smallest absolute Gasteiger partial charge is 0.148 e. The molecule has 0 bridgehead atoms. The van der Waals surface area contributed by atoms with E-state index in [4.69, 9.17) is 10.8 Å². The van der Waals surface area contributed by atoms with Crippen molar-refractivity contribution in [2.24, 2.45) is 0 Å². The van der Waals surface area contributed by atoms with Gasteiger partial charge in [0.2, 0.25) is 0 Å². The first-order chi connectivity index (χ1) is 9.22. The lowest BCUT2D eigenvalue weighted by molar-refractivity contribution is 0.283. The van der Waals surface area contributed by atoms with E-state index in [1.165, 1.54) is 11.5 Å². The lowest BCUT2D eigenvalue weighted by atomic mass is 10.2. The number of nitrogens with two attached hydrogens (primary N) is 1. The molecule has 2 rings (SSSR count). The normalized spacial score (nSPS) is 10.8. The van der Waals surface area contributed by atoms with Crippen LogP contribution in [0.1, 0.15) is 24.3 Å². The third kappa shape index (κ3) is 3.65. The van der Waals surface area contributed by atoms with Gasteiger partial charge in [-0.1, -0.05) is 0 Å². The molecule has 0 spiro atoms. The molecule has 2 heterocycles. The molecule has 0 amide bonds. The van der Waals surface area contributed by atoms with Gasteiger partial charge >= 0.3 is 0 Å². The van der Waals surface area contributed by atoms with Crippen LogP contribution in [0.25, 0.3) is 11.3 Å². The van der Waals surface area contributed by atoms with Crippen LogP contribution in [0.5, 0.6) is 0 Å². The number of anilines is 2. The summed E-state index contributed by atoms with van der Waals surface area (Å²) in [6, 6.07) is 0. The fourth-order valence-corrected chi connectivity index (χ4v) is 3.12. The second kappa shape index (κ2) is 6.83. The van der Waals surface area contributed by atoms with Crippen LogP contribution in [0.4, 0.5) is 10.8 Å². The fraction of sp³-hybridized carbons (Fsp3) is 0.500. The van der Waals surface area contributed by atoms with Gasteiger partial charge in [-0.25, -0.2) is 4.98 Å². The van der Waals surface area contributed by atoms with Crippen LogP contribution in [-0.2, 0) is 0 Å². The summed E-state index contributed by atoms with van der Waals surface area (Å²) in [5.41, 5.74) is 7.73. The molecule has 0 aliphatic carbocycles. The van der Waals surface area contributed by atoms with Gasteiger partial charge in [-0.2, -0.15) is 4.37 Å². The molecule has 0 saturated heterocycles. The first-order valence-corrected chi connectivity index (χ1v) is 7.90. The minimum Gasteiger partial charge on any atom is -0.396 e. The van der Waals surface area contributed by atoms with E-state index in [9.17, 15) is 0 Å². The quantitative estimate of drug-likeness (QED) is 0.684. The molecule has 0 aromatic carbocycles. The summed E-state index contributed by atoms with van der Waals surface area (Å²) in [6.07, 6.45) is 2.89. The Morgan fingerprint density at radius 1 is 1.37 bits per heavy atom. The molecule has 0 unspecified atom stereocenters. The van der Waals surface area contributed by atoms with Crippen LogP contribution >= 0.6 is 22.9 Å². The van der Waals surface area contributed by atoms with Gasteiger partial charge in [0.15, 0.2) is 0 Å². The number of unbranched alkanes of at least 4 members (excludes halogenated alkanes) is 2. The molecular formula is C12H18N4OS2. The molecule has 5 nitrogen and oxygen atoms in total. The zero-order chi connectivity index (χ0) is 13.7. The number of aliphatic hydroxyl groups excluding tert-OH is 1. The average molecular weight is 298 g/mol. The molecule has 0 aliphatic heterocycles. The summed E-state index contributed by atoms with van der Waals surface area (Å²) in [5.74, 6) is 0.535. The highest BCUT2D eigenvalue weighted by molar-refractivity contribution is 7.11. The molecule has 0 aliphatic rings. The fourth-order valence-electron chi connectivity index (χ4n) is 1.76. The first-order valence-electron chi connectivity index (χ1n) is 6.24. The number of nitrogens with one attached hydrogen (secondary N) is 1. The van der Waals surface area contributed by atoms with Crippen LogP contribution in [-0.4, -0.2) is 27.6 Å².